The van der Waals surface area contributed by atoms with Crippen LogP contribution in [0.25, 0.3) is 0 Å². The summed E-state index contributed by atoms with van der Waals surface area (Å²) < 4.78 is 0. The zero-order valence-corrected chi connectivity index (χ0v) is 14.8. The van der Waals surface area contributed by atoms with Crippen molar-refractivity contribution in [2.45, 2.75) is 0 Å². The maximum atomic E-state index is 0. The third-order valence-electron chi connectivity index (χ3n) is 0. The molecule has 0 nitrogen and oxygen atoms in total. The van der Waals surface area contributed by atoms with Crippen molar-refractivity contribution < 1.29 is 71.1 Å². The van der Waals surface area contributed by atoms with Crippen LogP contribution in [0.2, 0.25) is 0 Å². The third kappa shape index (κ3) is 52.6. The number of hydrogen-bond donors (Lipinski definition) is 0. The number of rotatable bonds is 0. The average molecular weight is 357 g/mol. The minimum absolute atomic E-state index is 0. The summed E-state index contributed by atoms with van der Waals surface area (Å²) in [5.74, 6) is 0. The molecule has 0 bridgehead atoms. The van der Waals surface area contributed by atoms with Gasteiger partial charge in [-0.2, -0.15) is 9.90 Å². The van der Waals surface area contributed by atoms with Crippen molar-refractivity contribution >= 4 is 39.6 Å². The van der Waals surface area contributed by atoms with Crippen molar-refractivity contribution in [1.82, 2.24) is 0 Å². The third-order valence-corrected chi connectivity index (χ3v) is 0. The summed E-state index contributed by atoms with van der Waals surface area (Å²) in [6, 6.07) is 0. The Labute approximate surface area is 110 Å². The normalized spacial score (nSPS) is 0. The van der Waals surface area contributed by atoms with Gasteiger partial charge in [0.2, 0.25) is 0 Å². The van der Waals surface area contributed by atoms with E-state index in [1.54, 1.807) is 0 Å². The molecule has 0 fully saturated rings. The first kappa shape index (κ1) is 95.4. The van der Waals surface area contributed by atoms with Crippen LogP contribution < -0.4 is 0 Å². The Kier molecular flexibility index (Phi) is 857. The first-order valence-electron chi connectivity index (χ1n) is 0. The largest absolute Gasteiger partial charge is 1.00 e. The van der Waals surface area contributed by atoms with Crippen LogP contribution in [-0.4, -0.2) is 0 Å². The van der Waals surface area contributed by atoms with Gasteiger partial charge in [0, 0.05) is 68.3 Å². The van der Waals surface area contributed by atoms with Gasteiger partial charge in [-0.15, -0.1) is 0 Å². The van der Waals surface area contributed by atoms with E-state index in [9.17, 15) is 0 Å². The van der Waals surface area contributed by atoms with Crippen molar-refractivity contribution in [3.8, 4) is 0 Å². The van der Waals surface area contributed by atoms with Crippen molar-refractivity contribution in [3.63, 3.8) is 0 Å². The summed E-state index contributed by atoms with van der Waals surface area (Å²) >= 11 is 0. The van der Waals surface area contributed by atoms with Gasteiger partial charge in [0.15, 0.2) is 0 Å². The fourth-order valence-electron chi connectivity index (χ4n) is 0. The zero-order chi connectivity index (χ0) is 0. The molecular formula is H13Mn4P4+. The summed E-state index contributed by atoms with van der Waals surface area (Å²) in [7, 11) is 0. The molecule has 8 heavy (non-hydrogen) atoms. The second-order valence-corrected chi connectivity index (χ2v) is 0. The summed E-state index contributed by atoms with van der Waals surface area (Å²) in [6.45, 7) is 0. The predicted octanol–water partition coefficient (Wildman–Crippen LogP) is 0.715. The molecule has 0 N–H and O–H groups in total. The van der Waals surface area contributed by atoms with Crippen molar-refractivity contribution in [3.05, 3.63) is 0 Å². The molecule has 0 saturated carbocycles. The molecule has 0 saturated heterocycles. The van der Waals surface area contributed by atoms with Crippen LogP contribution in [0.3, 0.4) is 0 Å². The van der Waals surface area contributed by atoms with E-state index in [-0.39, 0.29) is 111 Å². The van der Waals surface area contributed by atoms with Crippen LogP contribution >= 0.6 is 39.6 Å². The molecule has 8 heteroatoms. The molecule has 0 aromatic carbocycles. The van der Waals surface area contributed by atoms with Gasteiger partial charge < -0.3 is 19.8 Å². The molecule has 0 spiro atoms. The molecule has 0 aromatic rings. The van der Waals surface area contributed by atoms with Gasteiger partial charge in [0.1, 0.15) is 0 Å². The van der Waals surface area contributed by atoms with Gasteiger partial charge in [-0.05, 0) is 9.90 Å². The smallest absolute Gasteiger partial charge is 0.577 e. The van der Waals surface area contributed by atoms with Gasteiger partial charge in [0.25, 0.3) is 0 Å². The second kappa shape index (κ2) is 71.9. The van der Waals surface area contributed by atoms with Crippen molar-refractivity contribution in [2.75, 3.05) is 0 Å². The first-order valence-corrected chi connectivity index (χ1v) is 0. The first-order chi connectivity index (χ1) is 0. The minimum atomic E-state index is 0. The molecule has 0 aromatic heterocycles. The molecule has 0 amide bonds. The topological polar surface area (TPSA) is 0 Å². The van der Waals surface area contributed by atoms with E-state index >= 15 is 0 Å². The van der Waals surface area contributed by atoms with Crippen LogP contribution in [0.4, 0.5) is 0 Å². The molecular weight excluding hydrogens is 344 g/mol. The van der Waals surface area contributed by atoms with E-state index in [2.05, 4.69) is 0 Å². The molecule has 0 aliphatic carbocycles. The minimum Gasteiger partial charge on any atom is -0.577 e. The Morgan fingerprint density at radius 2 is 0.625 bits per heavy atom. The SMILES string of the molecule is P.[H+].[H+].[Mn].[Mn].[Mn].[Mn].[PH2-].[PH2-].[PH4+]. The van der Waals surface area contributed by atoms with E-state index in [0.717, 1.165) is 0 Å². The van der Waals surface area contributed by atoms with Crippen LogP contribution in [0.1, 0.15) is 2.85 Å². The van der Waals surface area contributed by atoms with E-state index in [0.29, 0.717) is 0 Å². The summed E-state index contributed by atoms with van der Waals surface area (Å²) in [5.41, 5.74) is 0. The van der Waals surface area contributed by atoms with Crippen LogP contribution in [0.15, 0.2) is 0 Å². The molecule has 0 aliphatic rings. The van der Waals surface area contributed by atoms with Crippen LogP contribution in [-0.2, 0) is 68.3 Å². The van der Waals surface area contributed by atoms with E-state index in [1.807, 2.05) is 0 Å². The van der Waals surface area contributed by atoms with Crippen molar-refractivity contribution in [1.29, 1.82) is 0 Å². The maximum absolute atomic E-state index is 0. The summed E-state index contributed by atoms with van der Waals surface area (Å²) in [6.07, 6.45) is 0. The Hall–Kier alpha value is 3.80. The monoisotopic (exact) mass is 357 g/mol. The van der Waals surface area contributed by atoms with E-state index in [1.165, 1.54) is 0 Å². The van der Waals surface area contributed by atoms with Gasteiger partial charge in [-0.3, -0.25) is 0 Å². The zero-order valence-electron chi connectivity index (χ0n) is 6.37. The van der Waals surface area contributed by atoms with Crippen molar-refractivity contribution in [2.24, 2.45) is 0 Å². The fourth-order valence-corrected chi connectivity index (χ4v) is 0. The summed E-state index contributed by atoms with van der Waals surface area (Å²) in [5, 5.41) is 0. The predicted molar refractivity (Wildman–Crippen MR) is 45.2 cm³/mol. The van der Waals surface area contributed by atoms with Gasteiger partial charge in [-0.1, -0.05) is 0 Å². The molecule has 2 atom stereocenters. The Morgan fingerprint density at radius 1 is 0.625 bits per heavy atom. The molecule has 0 rings (SSSR count). The van der Waals surface area contributed by atoms with E-state index < -0.39 is 0 Å². The van der Waals surface area contributed by atoms with Crippen LogP contribution in [0.5, 0.6) is 0 Å². The number of hydrogen-bond acceptors (Lipinski definition) is 0. The Bertz CT molecular complexity index is 15.2. The van der Waals surface area contributed by atoms with Crippen LogP contribution in [0, 0.1) is 0 Å². The second-order valence-electron chi connectivity index (χ2n) is 0. The van der Waals surface area contributed by atoms with Gasteiger partial charge in [-0.25, -0.2) is 0 Å². The summed E-state index contributed by atoms with van der Waals surface area (Å²) in [4.78, 5) is 0. The maximum Gasteiger partial charge on any atom is 1.00 e. The van der Waals surface area contributed by atoms with Gasteiger partial charge >= 0.3 is 2.85 Å². The molecule has 4 radical (unpaired) electrons. The van der Waals surface area contributed by atoms with E-state index in [4.69, 9.17) is 0 Å². The standard InChI is InChI=1S/4Mn.2H3P.2H2P/h;;;;2*1H3;2*1H2/q;;;;;;2*-1/p+3. The van der Waals surface area contributed by atoms with Gasteiger partial charge in [0.05, 0.1) is 0 Å². The average Bonchev–Trinajstić information content (AvgIpc) is 0. The molecule has 2 unspecified atom stereocenters. The Balaban J connectivity index is 0. The molecule has 60 valence electrons. The fraction of sp³-hybridized carbons (Fsp3) is 0. The Morgan fingerprint density at radius 3 is 0.625 bits per heavy atom. The molecule has 0 heterocycles. The quantitative estimate of drug-likeness (QED) is 0.443. The molecule has 0 aliphatic heterocycles.